The van der Waals surface area contributed by atoms with Crippen LogP contribution in [0.15, 0.2) is 79.7 Å². The maximum atomic E-state index is 12.5. The molecule has 3 aromatic rings. The quantitative estimate of drug-likeness (QED) is 0.225. The van der Waals surface area contributed by atoms with E-state index in [2.05, 4.69) is 53.1 Å². The minimum Gasteiger partial charge on any atom is -0.486 e. The molecule has 0 fully saturated rings. The Morgan fingerprint density at radius 3 is 2.45 bits per heavy atom. The number of nitrogens with zero attached hydrogens (tertiary/aromatic N) is 1. The molecule has 3 aromatic carbocycles. The Hall–Kier alpha value is -2.11. The van der Waals surface area contributed by atoms with Crippen molar-refractivity contribution in [2.45, 2.75) is 6.61 Å². The number of hydrogen-bond acceptors (Lipinski definition) is 3. The van der Waals surface area contributed by atoms with Gasteiger partial charge < -0.3 is 10.1 Å². The zero-order chi connectivity index (χ0) is 22.4. The van der Waals surface area contributed by atoms with Crippen LogP contribution in [0.25, 0.3) is 6.08 Å². The van der Waals surface area contributed by atoms with E-state index in [1.165, 1.54) is 6.08 Å². The van der Waals surface area contributed by atoms with E-state index < -0.39 is 5.91 Å². The van der Waals surface area contributed by atoms with Crippen LogP contribution in [0.3, 0.4) is 0 Å². The summed E-state index contributed by atoms with van der Waals surface area (Å²) in [5.74, 6) is -0.0257. The fraction of sp³-hybridized carbons (Fsp3) is 0.0435. The van der Waals surface area contributed by atoms with Crippen LogP contribution in [-0.4, -0.2) is 5.91 Å². The Morgan fingerprint density at radius 2 is 1.81 bits per heavy atom. The Morgan fingerprint density at radius 1 is 1.06 bits per heavy atom. The van der Waals surface area contributed by atoms with Crippen molar-refractivity contribution in [3.63, 3.8) is 0 Å². The maximum Gasteiger partial charge on any atom is 0.266 e. The van der Waals surface area contributed by atoms with E-state index in [-0.39, 0.29) is 5.57 Å². The van der Waals surface area contributed by atoms with Gasteiger partial charge in [0.25, 0.3) is 5.91 Å². The summed E-state index contributed by atoms with van der Waals surface area (Å²) in [6.45, 7) is 0.347. The predicted molar refractivity (Wildman–Crippen MR) is 134 cm³/mol. The van der Waals surface area contributed by atoms with E-state index in [0.29, 0.717) is 33.1 Å². The van der Waals surface area contributed by atoms with Crippen LogP contribution in [0.5, 0.6) is 5.75 Å². The molecule has 0 unspecified atom stereocenters. The molecule has 0 aliphatic rings. The molecule has 4 nitrogen and oxygen atoms in total. The number of rotatable bonds is 6. The van der Waals surface area contributed by atoms with E-state index in [1.54, 1.807) is 30.3 Å². The van der Waals surface area contributed by atoms with Crippen LogP contribution in [0.2, 0.25) is 5.02 Å². The molecular weight excluding hydrogens is 611 g/mol. The lowest BCUT2D eigenvalue weighted by molar-refractivity contribution is -0.112. The van der Waals surface area contributed by atoms with E-state index in [1.807, 2.05) is 36.4 Å². The maximum absolute atomic E-state index is 12.5. The molecule has 0 bridgehead atoms. The summed E-state index contributed by atoms with van der Waals surface area (Å²) in [5.41, 5.74) is 2.11. The largest absolute Gasteiger partial charge is 0.486 e. The van der Waals surface area contributed by atoms with Crippen LogP contribution in [0.1, 0.15) is 11.1 Å². The normalized spacial score (nSPS) is 11.0. The van der Waals surface area contributed by atoms with E-state index >= 15 is 0 Å². The minimum absolute atomic E-state index is 0.0496. The molecule has 1 amide bonds. The third kappa shape index (κ3) is 6.68. The zero-order valence-electron chi connectivity index (χ0n) is 15.8. The first kappa shape index (κ1) is 23.6. The number of nitrogens with one attached hydrogen (secondary N) is 1. The first-order valence-corrected chi connectivity index (χ1v) is 11.7. The highest BCUT2D eigenvalue weighted by Gasteiger charge is 2.13. The van der Waals surface area contributed by atoms with Gasteiger partial charge in [-0.1, -0.05) is 61.7 Å². The van der Waals surface area contributed by atoms with E-state index in [9.17, 15) is 10.1 Å². The lowest BCUT2D eigenvalue weighted by atomic mass is 10.1. The number of anilines is 1. The number of carbonyl (C=O) groups is 1. The molecule has 0 saturated carbocycles. The number of hydrogen-bond donors (Lipinski definition) is 1. The lowest BCUT2D eigenvalue weighted by Crippen LogP contribution is -2.13. The van der Waals surface area contributed by atoms with Crippen molar-refractivity contribution < 1.29 is 9.53 Å². The van der Waals surface area contributed by atoms with Crippen LogP contribution < -0.4 is 10.1 Å². The molecular formula is C23H14Br3ClN2O2. The zero-order valence-corrected chi connectivity index (χ0v) is 21.3. The highest BCUT2D eigenvalue weighted by molar-refractivity contribution is 9.11. The molecule has 3 rings (SSSR count). The first-order chi connectivity index (χ1) is 14.9. The van der Waals surface area contributed by atoms with Crippen LogP contribution in [0, 0.1) is 11.3 Å². The molecule has 0 radical (unpaired) electrons. The van der Waals surface area contributed by atoms with Crippen molar-refractivity contribution >= 4 is 77.1 Å². The molecule has 0 aliphatic carbocycles. The third-order valence-electron chi connectivity index (χ3n) is 4.08. The first-order valence-electron chi connectivity index (χ1n) is 8.90. The van der Waals surface area contributed by atoms with Gasteiger partial charge in [0.05, 0.1) is 9.50 Å². The summed E-state index contributed by atoms with van der Waals surface area (Å²) in [6, 6.07) is 20.2. The van der Waals surface area contributed by atoms with Gasteiger partial charge in [0.2, 0.25) is 0 Å². The van der Waals surface area contributed by atoms with Gasteiger partial charge >= 0.3 is 0 Å². The van der Waals surface area contributed by atoms with Crippen molar-refractivity contribution in [1.29, 1.82) is 5.26 Å². The van der Waals surface area contributed by atoms with Crippen LogP contribution in [0.4, 0.5) is 5.69 Å². The van der Waals surface area contributed by atoms with Crippen LogP contribution in [-0.2, 0) is 11.4 Å². The van der Waals surface area contributed by atoms with Crippen molar-refractivity contribution in [3.8, 4) is 11.8 Å². The molecule has 1 N–H and O–H groups in total. The second-order valence-electron chi connectivity index (χ2n) is 6.36. The minimum atomic E-state index is -0.511. The smallest absolute Gasteiger partial charge is 0.266 e. The van der Waals surface area contributed by atoms with Crippen LogP contribution >= 0.6 is 59.4 Å². The van der Waals surface area contributed by atoms with E-state index in [4.69, 9.17) is 16.3 Å². The predicted octanol–water partition coefficient (Wildman–Crippen LogP) is 7.75. The lowest BCUT2D eigenvalue weighted by Gasteiger charge is -2.11. The second-order valence-corrected chi connectivity index (χ2v) is 9.46. The van der Waals surface area contributed by atoms with Gasteiger partial charge in [0.15, 0.2) is 5.75 Å². The van der Waals surface area contributed by atoms with E-state index in [0.717, 1.165) is 14.5 Å². The molecule has 8 heteroatoms. The number of ether oxygens (including phenoxy) is 1. The van der Waals surface area contributed by atoms with Gasteiger partial charge in [-0.2, -0.15) is 5.26 Å². The second kappa shape index (κ2) is 11.0. The fourth-order valence-corrected chi connectivity index (χ4v) is 4.27. The molecule has 31 heavy (non-hydrogen) atoms. The highest BCUT2D eigenvalue weighted by Crippen LogP contribution is 2.36. The third-order valence-corrected chi connectivity index (χ3v) is 5.97. The number of nitriles is 1. The molecule has 0 spiro atoms. The highest BCUT2D eigenvalue weighted by atomic mass is 79.9. The van der Waals surface area contributed by atoms with Gasteiger partial charge in [0.1, 0.15) is 18.2 Å². The Balaban J connectivity index is 1.76. The van der Waals surface area contributed by atoms with Gasteiger partial charge in [-0.25, -0.2) is 0 Å². The monoisotopic (exact) mass is 622 g/mol. The topological polar surface area (TPSA) is 62.1 Å². The fourth-order valence-electron chi connectivity index (χ4n) is 2.62. The summed E-state index contributed by atoms with van der Waals surface area (Å²) in [6.07, 6.45) is 1.47. The number of amides is 1. The van der Waals surface area contributed by atoms with Crippen molar-refractivity contribution in [3.05, 3.63) is 95.8 Å². The summed E-state index contributed by atoms with van der Waals surface area (Å²) in [5, 5.41) is 12.5. The number of halogens is 4. The molecule has 0 saturated heterocycles. The van der Waals surface area contributed by atoms with Gasteiger partial charge in [-0.3, -0.25) is 4.79 Å². The Bertz CT molecular complexity index is 1170. The van der Waals surface area contributed by atoms with Crippen molar-refractivity contribution in [2.24, 2.45) is 0 Å². The summed E-state index contributed by atoms with van der Waals surface area (Å²) >= 11 is 16.6. The SMILES string of the molecule is N#C/C(=C/c1cc(Cl)c(OCc2ccc(Br)cc2)c(Br)c1)C(=O)Nc1cccc(Br)c1. The average Bonchev–Trinajstić information content (AvgIpc) is 2.72. The van der Waals surface area contributed by atoms with Gasteiger partial charge in [0, 0.05) is 14.6 Å². The number of benzene rings is 3. The molecule has 0 aromatic heterocycles. The Kier molecular flexibility index (Phi) is 8.33. The molecule has 156 valence electrons. The summed E-state index contributed by atoms with van der Waals surface area (Å²) in [7, 11) is 0. The van der Waals surface area contributed by atoms with Gasteiger partial charge in [-0.05, 0) is 75.6 Å². The van der Waals surface area contributed by atoms with Crippen molar-refractivity contribution in [2.75, 3.05) is 5.32 Å². The van der Waals surface area contributed by atoms with Crippen molar-refractivity contribution in [1.82, 2.24) is 0 Å². The molecule has 0 atom stereocenters. The number of carbonyl (C=O) groups excluding carboxylic acids is 1. The molecule has 0 aliphatic heterocycles. The summed E-state index contributed by atoms with van der Waals surface area (Å²) in [4.78, 5) is 12.5. The average molecular weight is 626 g/mol. The van der Waals surface area contributed by atoms with Gasteiger partial charge in [-0.15, -0.1) is 0 Å². The molecule has 0 heterocycles. The summed E-state index contributed by atoms with van der Waals surface area (Å²) < 4.78 is 8.28. The Labute approximate surface area is 210 Å². The standard InChI is InChI=1S/C23H14Br3ClN2O2/c24-17-6-4-14(5-7-17)13-31-22-20(26)9-15(10-21(22)27)8-16(12-28)23(30)29-19-3-1-2-18(25)11-19/h1-11H,13H2,(H,29,30)/b16-8-.